The van der Waals surface area contributed by atoms with Crippen LogP contribution >= 0.6 is 0 Å². The molecule has 0 amide bonds. The van der Waals surface area contributed by atoms with Gasteiger partial charge in [-0.25, -0.2) is 5.43 Å². The molecule has 0 spiro atoms. The summed E-state index contributed by atoms with van der Waals surface area (Å²) in [5, 5.41) is 0. The first kappa shape index (κ1) is 9.65. The third-order valence-electron chi connectivity index (χ3n) is 2.87. The van der Waals surface area contributed by atoms with E-state index < -0.39 is 0 Å². The highest BCUT2D eigenvalue weighted by atomic mass is 15.4. The molecule has 2 rings (SSSR count). The molecule has 3 heteroatoms. The third kappa shape index (κ3) is 1.66. The quantitative estimate of drug-likeness (QED) is 0.652. The van der Waals surface area contributed by atoms with Gasteiger partial charge in [-0.05, 0) is 12.0 Å². The lowest BCUT2D eigenvalue weighted by Crippen LogP contribution is -2.37. The van der Waals surface area contributed by atoms with Crippen molar-refractivity contribution in [3.05, 3.63) is 35.9 Å². The molecule has 1 saturated heterocycles. The standard InChI is InChI=1S/C11H17N3/c1-2-9-10(12)11(14-13-9)8-6-4-3-5-7-8/h3-7,9-11,13-14H,2,12H2,1H3. The number of rotatable bonds is 2. The van der Waals surface area contributed by atoms with E-state index in [-0.39, 0.29) is 12.1 Å². The van der Waals surface area contributed by atoms with E-state index >= 15 is 0 Å². The normalized spacial score (nSPS) is 32.0. The van der Waals surface area contributed by atoms with Gasteiger partial charge in [0.05, 0.1) is 6.04 Å². The molecule has 0 bridgehead atoms. The number of hydrazine groups is 1. The molecule has 14 heavy (non-hydrogen) atoms. The lowest BCUT2D eigenvalue weighted by Gasteiger charge is -2.17. The summed E-state index contributed by atoms with van der Waals surface area (Å²) >= 11 is 0. The highest BCUT2D eigenvalue weighted by Gasteiger charge is 2.32. The van der Waals surface area contributed by atoms with E-state index in [0.29, 0.717) is 6.04 Å². The van der Waals surface area contributed by atoms with Crippen molar-refractivity contribution >= 4 is 0 Å². The summed E-state index contributed by atoms with van der Waals surface area (Å²) < 4.78 is 0. The molecule has 1 aromatic rings. The lowest BCUT2D eigenvalue weighted by molar-refractivity contribution is 0.508. The summed E-state index contributed by atoms with van der Waals surface area (Å²) in [6, 6.07) is 11.1. The summed E-state index contributed by atoms with van der Waals surface area (Å²) in [6.45, 7) is 2.15. The first-order valence-corrected chi connectivity index (χ1v) is 5.14. The van der Waals surface area contributed by atoms with Gasteiger partial charge in [0.25, 0.3) is 0 Å². The average molecular weight is 191 g/mol. The molecule has 1 aliphatic rings. The molecule has 4 N–H and O–H groups in total. The lowest BCUT2D eigenvalue weighted by atomic mass is 9.96. The van der Waals surface area contributed by atoms with Gasteiger partial charge in [-0.1, -0.05) is 37.3 Å². The Morgan fingerprint density at radius 1 is 1.21 bits per heavy atom. The van der Waals surface area contributed by atoms with Crippen molar-refractivity contribution in [3.8, 4) is 0 Å². The minimum absolute atomic E-state index is 0.155. The summed E-state index contributed by atoms with van der Waals surface area (Å²) in [6.07, 6.45) is 1.05. The Bertz CT molecular complexity index is 286. The Hall–Kier alpha value is -0.900. The average Bonchev–Trinajstić information content (AvgIpc) is 2.61. The van der Waals surface area contributed by atoms with Crippen LogP contribution in [-0.2, 0) is 0 Å². The first-order valence-electron chi connectivity index (χ1n) is 5.14. The fourth-order valence-corrected chi connectivity index (χ4v) is 1.96. The van der Waals surface area contributed by atoms with E-state index in [1.165, 1.54) is 5.56 Å². The van der Waals surface area contributed by atoms with Crippen molar-refractivity contribution in [1.29, 1.82) is 0 Å². The van der Waals surface area contributed by atoms with Gasteiger partial charge >= 0.3 is 0 Å². The van der Waals surface area contributed by atoms with Gasteiger partial charge in [0, 0.05) is 12.1 Å². The monoisotopic (exact) mass is 191 g/mol. The second kappa shape index (κ2) is 4.09. The first-order chi connectivity index (χ1) is 6.83. The molecular formula is C11H17N3. The van der Waals surface area contributed by atoms with Gasteiger partial charge in [-0.2, -0.15) is 0 Å². The molecule has 0 saturated carbocycles. The van der Waals surface area contributed by atoms with E-state index in [0.717, 1.165) is 6.42 Å². The molecule has 3 unspecified atom stereocenters. The van der Waals surface area contributed by atoms with Gasteiger partial charge in [0.2, 0.25) is 0 Å². The topological polar surface area (TPSA) is 50.1 Å². The van der Waals surface area contributed by atoms with Crippen LogP contribution in [0.25, 0.3) is 0 Å². The van der Waals surface area contributed by atoms with E-state index in [1.54, 1.807) is 0 Å². The molecule has 0 radical (unpaired) electrons. The molecule has 3 nitrogen and oxygen atoms in total. The third-order valence-corrected chi connectivity index (χ3v) is 2.87. The number of nitrogens with one attached hydrogen (secondary N) is 2. The minimum atomic E-state index is 0.155. The Balaban J connectivity index is 2.14. The fourth-order valence-electron chi connectivity index (χ4n) is 1.96. The van der Waals surface area contributed by atoms with Crippen LogP contribution in [0.1, 0.15) is 24.9 Å². The molecule has 1 heterocycles. The Morgan fingerprint density at radius 3 is 2.50 bits per heavy atom. The minimum Gasteiger partial charge on any atom is -0.325 e. The predicted octanol–water partition coefficient (Wildman–Crippen LogP) is 0.941. The Morgan fingerprint density at radius 2 is 1.93 bits per heavy atom. The largest absolute Gasteiger partial charge is 0.325 e. The predicted molar refractivity (Wildman–Crippen MR) is 57.5 cm³/mol. The summed E-state index contributed by atoms with van der Waals surface area (Å²) in [7, 11) is 0. The fraction of sp³-hybridized carbons (Fsp3) is 0.455. The van der Waals surface area contributed by atoms with Crippen LogP contribution < -0.4 is 16.6 Å². The van der Waals surface area contributed by atoms with Crippen LogP contribution in [0.4, 0.5) is 0 Å². The molecule has 0 aliphatic carbocycles. The zero-order valence-electron chi connectivity index (χ0n) is 8.40. The molecule has 76 valence electrons. The van der Waals surface area contributed by atoms with Crippen LogP contribution in [0.5, 0.6) is 0 Å². The second-order valence-corrected chi connectivity index (χ2v) is 3.77. The summed E-state index contributed by atoms with van der Waals surface area (Å²) in [5.74, 6) is 0. The Kier molecular flexibility index (Phi) is 2.82. The van der Waals surface area contributed by atoms with Crippen LogP contribution in [0.3, 0.4) is 0 Å². The number of benzene rings is 1. The van der Waals surface area contributed by atoms with Crippen LogP contribution in [-0.4, -0.2) is 12.1 Å². The highest BCUT2D eigenvalue weighted by molar-refractivity contribution is 5.22. The van der Waals surface area contributed by atoms with E-state index in [9.17, 15) is 0 Å². The van der Waals surface area contributed by atoms with Crippen LogP contribution in [0.15, 0.2) is 30.3 Å². The van der Waals surface area contributed by atoms with Crippen molar-refractivity contribution in [2.24, 2.45) is 5.73 Å². The van der Waals surface area contributed by atoms with Crippen molar-refractivity contribution in [2.45, 2.75) is 31.5 Å². The maximum Gasteiger partial charge on any atom is 0.0629 e. The van der Waals surface area contributed by atoms with Crippen molar-refractivity contribution in [1.82, 2.24) is 10.9 Å². The maximum atomic E-state index is 6.14. The summed E-state index contributed by atoms with van der Waals surface area (Å²) in [5.41, 5.74) is 13.9. The number of nitrogens with two attached hydrogens (primary N) is 1. The van der Waals surface area contributed by atoms with Crippen LogP contribution in [0, 0.1) is 0 Å². The second-order valence-electron chi connectivity index (χ2n) is 3.77. The van der Waals surface area contributed by atoms with E-state index in [1.807, 2.05) is 18.2 Å². The zero-order valence-corrected chi connectivity index (χ0v) is 8.40. The smallest absolute Gasteiger partial charge is 0.0629 e. The van der Waals surface area contributed by atoms with Gasteiger partial charge in [-0.3, -0.25) is 5.43 Å². The zero-order chi connectivity index (χ0) is 9.97. The maximum absolute atomic E-state index is 6.14. The van der Waals surface area contributed by atoms with Gasteiger partial charge in [0.15, 0.2) is 0 Å². The van der Waals surface area contributed by atoms with Gasteiger partial charge < -0.3 is 5.73 Å². The molecule has 1 aromatic carbocycles. The molecule has 1 fully saturated rings. The number of hydrogen-bond acceptors (Lipinski definition) is 3. The molecule has 3 atom stereocenters. The molecular weight excluding hydrogens is 174 g/mol. The number of hydrogen-bond donors (Lipinski definition) is 3. The van der Waals surface area contributed by atoms with E-state index in [2.05, 4.69) is 29.9 Å². The van der Waals surface area contributed by atoms with Crippen molar-refractivity contribution < 1.29 is 0 Å². The highest BCUT2D eigenvalue weighted by Crippen LogP contribution is 2.21. The van der Waals surface area contributed by atoms with Crippen LogP contribution in [0.2, 0.25) is 0 Å². The van der Waals surface area contributed by atoms with E-state index in [4.69, 9.17) is 5.73 Å². The SMILES string of the molecule is CCC1NNC(c2ccccc2)C1N. The van der Waals surface area contributed by atoms with Crippen molar-refractivity contribution in [3.63, 3.8) is 0 Å². The molecule has 0 aromatic heterocycles. The molecule has 1 aliphatic heterocycles. The summed E-state index contributed by atoms with van der Waals surface area (Å²) in [4.78, 5) is 0. The van der Waals surface area contributed by atoms with Gasteiger partial charge in [-0.15, -0.1) is 0 Å². The van der Waals surface area contributed by atoms with Gasteiger partial charge in [0.1, 0.15) is 0 Å². The Labute approximate surface area is 84.7 Å². The van der Waals surface area contributed by atoms with Crippen molar-refractivity contribution in [2.75, 3.05) is 0 Å².